The van der Waals surface area contributed by atoms with Crippen LogP contribution >= 0.6 is 11.6 Å². The summed E-state index contributed by atoms with van der Waals surface area (Å²) in [6.45, 7) is 1.84. The van der Waals surface area contributed by atoms with E-state index in [1.807, 2.05) is 37.3 Å². The lowest BCUT2D eigenvalue weighted by Crippen LogP contribution is -2.34. The summed E-state index contributed by atoms with van der Waals surface area (Å²) in [7, 11) is 0. The second-order valence-corrected chi connectivity index (χ2v) is 6.23. The molecule has 0 saturated carbocycles. The van der Waals surface area contributed by atoms with E-state index in [-0.39, 0.29) is 11.5 Å². The SMILES string of the molecule is CCC(C(=O)Nc1cccc(Cl)c1)n1nc(-c2ccccc2)ccc1=O. The molecular formula is C20H18ClN3O2. The van der Waals surface area contributed by atoms with Gasteiger partial charge < -0.3 is 5.32 Å². The lowest BCUT2D eigenvalue weighted by Gasteiger charge is -2.17. The molecule has 1 amide bonds. The van der Waals surface area contributed by atoms with Crippen molar-refractivity contribution in [2.45, 2.75) is 19.4 Å². The molecule has 0 aliphatic heterocycles. The van der Waals surface area contributed by atoms with Crippen molar-refractivity contribution in [2.24, 2.45) is 0 Å². The van der Waals surface area contributed by atoms with Crippen molar-refractivity contribution in [2.75, 3.05) is 5.32 Å². The molecule has 0 saturated heterocycles. The lowest BCUT2D eigenvalue weighted by molar-refractivity contribution is -0.119. The van der Waals surface area contributed by atoms with E-state index in [1.54, 1.807) is 30.3 Å². The van der Waals surface area contributed by atoms with Gasteiger partial charge in [0.2, 0.25) is 5.91 Å². The number of hydrogen-bond donors (Lipinski definition) is 1. The Hall–Kier alpha value is -2.92. The Labute approximate surface area is 156 Å². The highest BCUT2D eigenvalue weighted by molar-refractivity contribution is 6.30. The zero-order chi connectivity index (χ0) is 18.5. The zero-order valence-electron chi connectivity index (χ0n) is 14.2. The van der Waals surface area contributed by atoms with E-state index >= 15 is 0 Å². The van der Waals surface area contributed by atoms with Crippen molar-refractivity contribution in [3.8, 4) is 11.3 Å². The number of hydrogen-bond acceptors (Lipinski definition) is 3. The van der Waals surface area contributed by atoms with Gasteiger partial charge in [0.05, 0.1) is 5.69 Å². The van der Waals surface area contributed by atoms with Gasteiger partial charge in [-0.25, -0.2) is 4.68 Å². The molecule has 3 aromatic rings. The van der Waals surface area contributed by atoms with Gasteiger partial charge in [-0.15, -0.1) is 0 Å². The third-order valence-corrected chi connectivity index (χ3v) is 4.21. The molecule has 1 unspecified atom stereocenters. The third-order valence-electron chi connectivity index (χ3n) is 3.97. The minimum atomic E-state index is -0.717. The van der Waals surface area contributed by atoms with E-state index in [0.29, 0.717) is 22.8 Å². The molecule has 2 aromatic carbocycles. The molecule has 0 aliphatic carbocycles. The lowest BCUT2D eigenvalue weighted by atomic mass is 10.1. The number of anilines is 1. The van der Waals surface area contributed by atoms with E-state index in [1.165, 1.54) is 10.7 Å². The number of carbonyl (C=O) groups is 1. The second kappa shape index (κ2) is 7.97. The van der Waals surface area contributed by atoms with Crippen LogP contribution < -0.4 is 10.9 Å². The molecule has 0 bridgehead atoms. The van der Waals surface area contributed by atoms with Gasteiger partial charge in [-0.2, -0.15) is 5.10 Å². The minimum absolute atomic E-state index is 0.311. The summed E-state index contributed by atoms with van der Waals surface area (Å²) in [5.41, 5.74) is 1.77. The molecule has 5 nitrogen and oxygen atoms in total. The first kappa shape index (κ1) is 17.9. The predicted molar refractivity (Wildman–Crippen MR) is 103 cm³/mol. The predicted octanol–water partition coefficient (Wildman–Crippen LogP) is 4.15. The zero-order valence-corrected chi connectivity index (χ0v) is 15.0. The molecule has 1 aromatic heterocycles. The van der Waals surface area contributed by atoms with Crippen molar-refractivity contribution in [3.05, 3.63) is 82.1 Å². The highest BCUT2D eigenvalue weighted by Crippen LogP contribution is 2.19. The maximum atomic E-state index is 12.7. The largest absolute Gasteiger partial charge is 0.324 e. The summed E-state index contributed by atoms with van der Waals surface area (Å²) < 4.78 is 1.24. The highest BCUT2D eigenvalue weighted by Gasteiger charge is 2.21. The van der Waals surface area contributed by atoms with E-state index < -0.39 is 6.04 Å². The van der Waals surface area contributed by atoms with Crippen LogP contribution in [-0.2, 0) is 4.79 Å². The molecule has 6 heteroatoms. The smallest absolute Gasteiger partial charge is 0.267 e. The van der Waals surface area contributed by atoms with E-state index in [4.69, 9.17) is 11.6 Å². The van der Waals surface area contributed by atoms with Gasteiger partial charge in [0, 0.05) is 22.3 Å². The number of nitrogens with zero attached hydrogens (tertiary/aromatic N) is 2. The van der Waals surface area contributed by atoms with Crippen molar-refractivity contribution < 1.29 is 4.79 Å². The fourth-order valence-corrected chi connectivity index (χ4v) is 2.86. The Morgan fingerprint density at radius 3 is 2.58 bits per heavy atom. The van der Waals surface area contributed by atoms with Crippen LogP contribution in [0.15, 0.2) is 71.5 Å². The van der Waals surface area contributed by atoms with Crippen LogP contribution in [0.25, 0.3) is 11.3 Å². The Bertz CT molecular complexity index is 970. The van der Waals surface area contributed by atoms with Gasteiger partial charge in [0.15, 0.2) is 0 Å². The monoisotopic (exact) mass is 367 g/mol. The first-order valence-electron chi connectivity index (χ1n) is 8.30. The van der Waals surface area contributed by atoms with Crippen LogP contribution in [0.3, 0.4) is 0 Å². The molecule has 1 N–H and O–H groups in total. The van der Waals surface area contributed by atoms with Crippen molar-refractivity contribution in [1.29, 1.82) is 0 Å². The van der Waals surface area contributed by atoms with Gasteiger partial charge in [0.25, 0.3) is 5.56 Å². The van der Waals surface area contributed by atoms with Crippen molar-refractivity contribution in [1.82, 2.24) is 9.78 Å². The summed E-state index contributed by atoms with van der Waals surface area (Å²) in [4.78, 5) is 25.0. The molecule has 0 fully saturated rings. The number of rotatable bonds is 5. The van der Waals surface area contributed by atoms with Gasteiger partial charge in [-0.05, 0) is 30.7 Å². The second-order valence-electron chi connectivity index (χ2n) is 5.79. The maximum Gasteiger partial charge on any atom is 0.267 e. The van der Waals surface area contributed by atoms with Crippen LogP contribution in [0.2, 0.25) is 5.02 Å². The van der Waals surface area contributed by atoms with Crippen LogP contribution in [0, 0.1) is 0 Å². The molecule has 3 rings (SSSR count). The Kier molecular flexibility index (Phi) is 5.49. The molecule has 0 aliphatic rings. The van der Waals surface area contributed by atoms with Crippen molar-refractivity contribution in [3.63, 3.8) is 0 Å². The molecule has 0 radical (unpaired) electrons. The van der Waals surface area contributed by atoms with Crippen molar-refractivity contribution >= 4 is 23.2 Å². The average Bonchev–Trinajstić information content (AvgIpc) is 2.64. The third kappa shape index (κ3) is 4.00. The van der Waals surface area contributed by atoms with Crippen LogP contribution in [-0.4, -0.2) is 15.7 Å². The quantitative estimate of drug-likeness (QED) is 0.736. The van der Waals surface area contributed by atoms with Crippen LogP contribution in [0.5, 0.6) is 0 Å². The Balaban J connectivity index is 1.92. The number of halogens is 1. The fraction of sp³-hybridized carbons (Fsp3) is 0.150. The minimum Gasteiger partial charge on any atom is -0.324 e. The van der Waals surface area contributed by atoms with E-state index in [0.717, 1.165) is 5.56 Å². The number of amides is 1. The first-order valence-corrected chi connectivity index (χ1v) is 8.68. The van der Waals surface area contributed by atoms with Crippen LogP contribution in [0.4, 0.5) is 5.69 Å². The number of carbonyl (C=O) groups excluding carboxylic acids is 1. The number of benzene rings is 2. The summed E-state index contributed by atoms with van der Waals surface area (Å²) in [6.07, 6.45) is 0.428. The maximum absolute atomic E-state index is 12.7. The average molecular weight is 368 g/mol. The normalized spacial score (nSPS) is 11.8. The van der Waals surface area contributed by atoms with E-state index in [9.17, 15) is 9.59 Å². The Morgan fingerprint density at radius 2 is 1.88 bits per heavy atom. The summed E-state index contributed by atoms with van der Waals surface area (Å²) in [5.74, 6) is -0.311. The number of aromatic nitrogens is 2. The van der Waals surface area contributed by atoms with Gasteiger partial charge in [0.1, 0.15) is 6.04 Å². The topological polar surface area (TPSA) is 64.0 Å². The fourth-order valence-electron chi connectivity index (χ4n) is 2.67. The molecule has 1 heterocycles. The first-order chi connectivity index (χ1) is 12.6. The molecule has 0 spiro atoms. The summed E-state index contributed by atoms with van der Waals surface area (Å²) >= 11 is 5.95. The summed E-state index contributed by atoms with van der Waals surface area (Å²) in [5, 5.41) is 7.73. The van der Waals surface area contributed by atoms with Gasteiger partial charge in [-0.1, -0.05) is 54.9 Å². The number of nitrogens with one attached hydrogen (secondary N) is 1. The Morgan fingerprint density at radius 1 is 1.12 bits per heavy atom. The summed E-state index contributed by atoms with van der Waals surface area (Å²) in [6, 6.07) is 18.8. The van der Waals surface area contributed by atoms with E-state index in [2.05, 4.69) is 10.4 Å². The van der Waals surface area contributed by atoms with Gasteiger partial charge in [-0.3, -0.25) is 9.59 Å². The molecule has 132 valence electrons. The highest BCUT2D eigenvalue weighted by atomic mass is 35.5. The molecular weight excluding hydrogens is 350 g/mol. The standard InChI is InChI=1S/C20H18ClN3O2/c1-2-18(20(26)22-16-10-6-9-15(21)13-16)24-19(25)12-11-17(23-24)14-7-4-3-5-8-14/h3-13,18H,2H2,1H3,(H,22,26). The van der Waals surface area contributed by atoms with Crippen LogP contribution in [0.1, 0.15) is 19.4 Å². The molecule has 26 heavy (non-hydrogen) atoms. The van der Waals surface area contributed by atoms with Gasteiger partial charge >= 0.3 is 0 Å². The molecule has 1 atom stereocenters.